The van der Waals surface area contributed by atoms with E-state index in [9.17, 15) is 0 Å². The number of aryl methyl sites for hydroxylation is 1. The van der Waals surface area contributed by atoms with Crippen molar-refractivity contribution < 1.29 is 4.84 Å². The van der Waals surface area contributed by atoms with E-state index < -0.39 is 0 Å². The molecule has 0 bridgehead atoms. The van der Waals surface area contributed by atoms with E-state index in [1.165, 1.54) is 0 Å². The first-order valence-electron chi connectivity index (χ1n) is 3.44. The fraction of sp³-hybridized carbons (Fsp3) is 0.250. The van der Waals surface area contributed by atoms with E-state index in [0.717, 1.165) is 11.1 Å². The molecule has 1 aromatic rings. The van der Waals surface area contributed by atoms with Crippen LogP contribution in [0.15, 0.2) is 18.2 Å². The molecule has 11 heavy (non-hydrogen) atoms. The molecule has 0 atom stereocenters. The van der Waals surface area contributed by atoms with E-state index in [-0.39, 0.29) is 0 Å². The molecule has 3 heteroatoms. The van der Waals surface area contributed by atoms with Crippen LogP contribution in [0.2, 0.25) is 0 Å². The molecule has 0 unspecified atom stereocenters. The number of nitrogens with two attached hydrogens (primary N) is 2. The van der Waals surface area contributed by atoms with Gasteiger partial charge in [-0.2, -0.15) is 5.90 Å². The van der Waals surface area contributed by atoms with Crippen LogP contribution in [0.25, 0.3) is 0 Å². The summed E-state index contributed by atoms with van der Waals surface area (Å²) in [6.45, 7) is 2.43. The second kappa shape index (κ2) is 3.37. The lowest BCUT2D eigenvalue weighted by Crippen LogP contribution is -2.07. The number of benzene rings is 1. The SMILES string of the molecule is Cc1ccc(CN)c(ON)c1. The predicted octanol–water partition coefficient (Wildman–Crippen LogP) is 0.706. The molecule has 0 saturated heterocycles. The van der Waals surface area contributed by atoms with Gasteiger partial charge in [-0.1, -0.05) is 12.1 Å². The first-order chi connectivity index (χ1) is 5.27. The van der Waals surface area contributed by atoms with Crippen molar-refractivity contribution in [2.75, 3.05) is 0 Å². The minimum Gasteiger partial charge on any atom is -0.411 e. The molecule has 0 aliphatic heterocycles. The van der Waals surface area contributed by atoms with Gasteiger partial charge < -0.3 is 10.6 Å². The predicted molar refractivity (Wildman–Crippen MR) is 43.9 cm³/mol. The zero-order chi connectivity index (χ0) is 8.27. The van der Waals surface area contributed by atoms with Crippen LogP contribution < -0.4 is 16.5 Å². The van der Waals surface area contributed by atoms with Gasteiger partial charge in [0.05, 0.1) is 0 Å². The average Bonchev–Trinajstić information content (AvgIpc) is 2.04. The number of hydrogen-bond acceptors (Lipinski definition) is 3. The third kappa shape index (κ3) is 1.69. The third-order valence-corrected chi connectivity index (χ3v) is 1.57. The number of rotatable bonds is 2. The van der Waals surface area contributed by atoms with Crippen molar-refractivity contribution in [2.45, 2.75) is 13.5 Å². The zero-order valence-corrected chi connectivity index (χ0v) is 6.50. The Morgan fingerprint density at radius 2 is 2.18 bits per heavy atom. The Kier molecular flexibility index (Phi) is 2.46. The highest BCUT2D eigenvalue weighted by molar-refractivity contribution is 5.36. The first kappa shape index (κ1) is 8.04. The topological polar surface area (TPSA) is 61.3 Å². The molecule has 0 amide bonds. The molecule has 0 radical (unpaired) electrons. The first-order valence-corrected chi connectivity index (χ1v) is 3.44. The summed E-state index contributed by atoms with van der Waals surface area (Å²) in [4.78, 5) is 4.64. The average molecular weight is 152 g/mol. The number of hydrogen-bond donors (Lipinski definition) is 2. The van der Waals surface area contributed by atoms with Crippen LogP contribution in [0.1, 0.15) is 11.1 Å². The normalized spacial score (nSPS) is 9.73. The molecule has 4 N–H and O–H groups in total. The van der Waals surface area contributed by atoms with Gasteiger partial charge in [-0.25, -0.2) is 0 Å². The van der Waals surface area contributed by atoms with Crippen molar-refractivity contribution in [3.8, 4) is 5.75 Å². The molecule has 0 saturated carbocycles. The summed E-state index contributed by atoms with van der Waals surface area (Å²) in [6, 6.07) is 5.75. The maximum atomic E-state index is 5.44. The Morgan fingerprint density at radius 1 is 1.45 bits per heavy atom. The van der Waals surface area contributed by atoms with Gasteiger partial charge in [-0.05, 0) is 18.6 Å². The van der Waals surface area contributed by atoms with E-state index in [0.29, 0.717) is 12.3 Å². The van der Waals surface area contributed by atoms with Crippen molar-refractivity contribution in [3.05, 3.63) is 29.3 Å². The molecule has 0 aliphatic rings. The quantitative estimate of drug-likeness (QED) is 0.613. The molecule has 60 valence electrons. The van der Waals surface area contributed by atoms with Crippen LogP contribution in [-0.4, -0.2) is 0 Å². The highest BCUT2D eigenvalue weighted by atomic mass is 16.6. The van der Waals surface area contributed by atoms with Crippen LogP contribution in [0, 0.1) is 6.92 Å². The summed E-state index contributed by atoms with van der Waals surface area (Å²) in [6.07, 6.45) is 0. The summed E-state index contributed by atoms with van der Waals surface area (Å²) in [5.74, 6) is 5.70. The Balaban J connectivity index is 3.06. The van der Waals surface area contributed by atoms with Gasteiger partial charge in [0.25, 0.3) is 0 Å². The summed E-state index contributed by atoms with van der Waals surface area (Å²) in [5, 5.41) is 0. The second-order valence-corrected chi connectivity index (χ2v) is 2.43. The van der Waals surface area contributed by atoms with E-state index in [2.05, 4.69) is 4.84 Å². The Hall–Kier alpha value is -1.06. The summed E-state index contributed by atoms with van der Waals surface area (Å²) >= 11 is 0. The molecule has 0 aromatic heterocycles. The van der Waals surface area contributed by atoms with E-state index in [1.54, 1.807) is 0 Å². The Bertz CT molecular complexity index is 248. The zero-order valence-electron chi connectivity index (χ0n) is 6.50. The van der Waals surface area contributed by atoms with E-state index in [1.807, 2.05) is 25.1 Å². The van der Waals surface area contributed by atoms with Crippen LogP contribution >= 0.6 is 0 Å². The molecule has 0 heterocycles. The summed E-state index contributed by atoms with van der Waals surface area (Å²) in [5.41, 5.74) is 7.48. The smallest absolute Gasteiger partial charge is 0.151 e. The lowest BCUT2D eigenvalue weighted by molar-refractivity contribution is 0.330. The van der Waals surface area contributed by atoms with Gasteiger partial charge in [-0.15, -0.1) is 0 Å². The van der Waals surface area contributed by atoms with Gasteiger partial charge in [0.15, 0.2) is 5.75 Å². The molecule has 1 aromatic carbocycles. The molecule has 0 aliphatic carbocycles. The van der Waals surface area contributed by atoms with Crippen molar-refractivity contribution in [2.24, 2.45) is 11.6 Å². The van der Waals surface area contributed by atoms with E-state index in [4.69, 9.17) is 11.6 Å². The fourth-order valence-corrected chi connectivity index (χ4v) is 0.940. The van der Waals surface area contributed by atoms with Gasteiger partial charge in [-0.3, -0.25) is 0 Å². The Morgan fingerprint density at radius 3 is 2.73 bits per heavy atom. The monoisotopic (exact) mass is 152 g/mol. The van der Waals surface area contributed by atoms with Crippen LogP contribution in [0.3, 0.4) is 0 Å². The second-order valence-electron chi connectivity index (χ2n) is 2.43. The van der Waals surface area contributed by atoms with E-state index >= 15 is 0 Å². The van der Waals surface area contributed by atoms with Gasteiger partial charge >= 0.3 is 0 Å². The minimum absolute atomic E-state index is 0.451. The van der Waals surface area contributed by atoms with Crippen LogP contribution in [-0.2, 0) is 6.54 Å². The van der Waals surface area contributed by atoms with Crippen molar-refractivity contribution >= 4 is 0 Å². The summed E-state index contributed by atoms with van der Waals surface area (Å²) < 4.78 is 0. The van der Waals surface area contributed by atoms with Crippen molar-refractivity contribution in [1.29, 1.82) is 0 Å². The molecule has 3 nitrogen and oxygen atoms in total. The maximum absolute atomic E-state index is 5.44. The molecule has 0 fully saturated rings. The molecule has 0 spiro atoms. The van der Waals surface area contributed by atoms with Gasteiger partial charge in [0, 0.05) is 12.1 Å². The lowest BCUT2D eigenvalue weighted by atomic mass is 10.1. The highest BCUT2D eigenvalue weighted by Gasteiger charge is 1.99. The molecular formula is C8H12N2O. The highest BCUT2D eigenvalue weighted by Crippen LogP contribution is 2.17. The Labute approximate surface area is 65.9 Å². The lowest BCUT2D eigenvalue weighted by Gasteiger charge is -2.05. The van der Waals surface area contributed by atoms with Gasteiger partial charge in [0.1, 0.15) is 0 Å². The fourth-order valence-electron chi connectivity index (χ4n) is 0.940. The van der Waals surface area contributed by atoms with Crippen LogP contribution in [0.4, 0.5) is 0 Å². The maximum Gasteiger partial charge on any atom is 0.151 e. The van der Waals surface area contributed by atoms with Crippen molar-refractivity contribution in [3.63, 3.8) is 0 Å². The minimum atomic E-state index is 0.451. The van der Waals surface area contributed by atoms with Crippen LogP contribution in [0.5, 0.6) is 5.75 Å². The molecule has 1 rings (SSSR count). The van der Waals surface area contributed by atoms with Gasteiger partial charge in [0.2, 0.25) is 0 Å². The van der Waals surface area contributed by atoms with Crippen molar-refractivity contribution in [1.82, 2.24) is 0 Å². The molecular weight excluding hydrogens is 140 g/mol. The standard InChI is InChI=1S/C8H12N2O/c1-6-2-3-7(5-9)8(4-6)11-10/h2-4H,5,9-10H2,1H3. The summed E-state index contributed by atoms with van der Waals surface area (Å²) in [7, 11) is 0. The third-order valence-electron chi connectivity index (χ3n) is 1.57. The largest absolute Gasteiger partial charge is 0.411 e.